The number of hydrogen-bond donors (Lipinski definition) is 0. The molecule has 0 saturated carbocycles. The molecule has 0 spiro atoms. The van der Waals surface area contributed by atoms with E-state index in [-0.39, 0.29) is 13.2 Å². The quantitative estimate of drug-likeness (QED) is 0.602. The number of esters is 1. The second-order valence-electron chi connectivity index (χ2n) is 5.55. The number of methoxy groups -OCH3 is 1. The first-order chi connectivity index (χ1) is 12.7. The van der Waals surface area contributed by atoms with Crippen molar-refractivity contribution < 1.29 is 19.0 Å². The van der Waals surface area contributed by atoms with Crippen LogP contribution < -0.4 is 9.47 Å². The van der Waals surface area contributed by atoms with E-state index in [1.807, 2.05) is 47.8 Å². The van der Waals surface area contributed by atoms with Gasteiger partial charge < -0.3 is 14.2 Å². The van der Waals surface area contributed by atoms with Crippen LogP contribution in [0.25, 0.3) is 0 Å². The lowest BCUT2D eigenvalue weighted by molar-refractivity contribution is -0.147. The molecule has 0 N–H and O–H groups in total. The van der Waals surface area contributed by atoms with E-state index >= 15 is 0 Å². The van der Waals surface area contributed by atoms with E-state index in [4.69, 9.17) is 25.8 Å². The van der Waals surface area contributed by atoms with Gasteiger partial charge in [0, 0.05) is 22.1 Å². The maximum atomic E-state index is 11.9. The average molecular weight is 411 g/mol. The second-order valence-corrected chi connectivity index (χ2v) is 8.71. The summed E-state index contributed by atoms with van der Waals surface area (Å²) in [6.07, 6.45) is 0. The minimum atomic E-state index is -0.446. The van der Waals surface area contributed by atoms with Crippen molar-refractivity contribution in [2.75, 3.05) is 25.2 Å². The lowest BCUT2D eigenvalue weighted by Crippen LogP contribution is -2.15. The third-order valence-electron chi connectivity index (χ3n) is 3.76. The van der Waals surface area contributed by atoms with Gasteiger partial charge in [0.05, 0.1) is 11.7 Å². The molecule has 1 saturated heterocycles. The standard InChI is InChI=1S/C19H19ClO4S2/c1-22-17-7-4-15(20)10-14(17)11-24-18(21)12-23-16-5-2-13(3-6-16)19-25-8-9-26-19/h2-7,10,19H,8-9,11-12H2,1H3. The highest BCUT2D eigenvalue weighted by molar-refractivity contribution is 8.19. The summed E-state index contributed by atoms with van der Waals surface area (Å²) in [5.74, 6) is 3.21. The van der Waals surface area contributed by atoms with E-state index in [9.17, 15) is 4.79 Å². The van der Waals surface area contributed by atoms with Gasteiger partial charge in [0.15, 0.2) is 6.61 Å². The normalized spacial score (nSPS) is 14.2. The molecule has 2 aromatic carbocycles. The fraction of sp³-hybridized carbons (Fsp3) is 0.316. The summed E-state index contributed by atoms with van der Waals surface area (Å²) in [7, 11) is 1.56. The van der Waals surface area contributed by atoms with E-state index in [2.05, 4.69) is 0 Å². The molecule has 1 aliphatic rings. The van der Waals surface area contributed by atoms with Gasteiger partial charge in [-0.25, -0.2) is 4.79 Å². The highest BCUT2D eigenvalue weighted by Gasteiger charge is 2.18. The fourth-order valence-electron chi connectivity index (χ4n) is 2.47. The first-order valence-corrected chi connectivity index (χ1v) is 10.6. The Labute approximate surface area is 166 Å². The number of thioether (sulfide) groups is 2. The molecule has 0 radical (unpaired) electrons. The minimum Gasteiger partial charge on any atom is -0.496 e. The Morgan fingerprint density at radius 2 is 1.88 bits per heavy atom. The SMILES string of the molecule is COc1ccc(Cl)cc1COC(=O)COc1ccc(C2SCCS2)cc1. The maximum Gasteiger partial charge on any atom is 0.344 e. The summed E-state index contributed by atoms with van der Waals surface area (Å²) in [6.45, 7) is -0.0594. The van der Waals surface area contributed by atoms with Crippen molar-refractivity contribution in [3.63, 3.8) is 0 Å². The number of carbonyl (C=O) groups is 1. The van der Waals surface area contributed by atoms with Crippen LogP contribution >= 0.6 is 35.1 Å². The Hall–Kier alpha value is -1.50. The summed E-state index contributed by atoms with van der Waals surface area (Å²) < 4.78 is 16.5. The topological polar surface area (TPSA) is 44.8 Å². The first kappa shape index (κ1) is 19.3. The zero-order valence-corrected chi connectivity index (χ0v) is 16.7. The summed E-state index contributed by atoms with van der Waals surface area (Å²) in [4.78, 5) is 11.9. The third-order valence-corrected chi connectivity index (χ3v) is 7.10. The molecule has 1 fully saturated rings. The number of ether oxygens (including phenoxy) is 3. The van der Waals surface area contributed by atoms with Crippen LogP contribution in [0.1, 0.15) is 15.7 Å². The Bertz CT molecular complexity index is 746. The van der Waals surface area contributed by atoms with Crippen molar-refractivity contribution in [1.29, 1.82) is 0 Å². The Balaban J connectivity index is 1.47. The molecule has 1 heterocycles. The molecule has 1 aliphatic heterocycles. The van der Waals surface area contributed by atoms with Gasteiger partial charge in [-0.2, -0.15) is 0 Å². The smallest absolute Gasteiger partial charge is 0.344 e. The number of benzene rings is 2. The summed E-state index contributed by atoms with van der Waals surface area (Å²) >= 11 is 9.88. The zero-order chi connectivity index (χ0) is 18.4. The van der Waals surface area contributed by atoms with E-state index in [1.165, 1.54) is 17.1 Å². The van der Waals surface area contributed by atoms with E-state index in [1.54, 1.807) is 25.3 Å². The van der Waals surface area contributed by atoms with Crippen LogP contribution in [-0.4, -0.2) is 31.2 Å². The summed E-state index contributed by atoms with van der Waals surface area (Å²) in [5.41, 5.74) is 1.99. The lowest BCUT2D eigenvalue weighted by Gasteiger charge is -2.11. The second kappa shape index (κ2) is 9.44. The van der Waals surface area contributed by atoms with Gasteiger partial charge in [0.1, 0.15) is 18.1 Å². The Morgan fingerprint density at radius 1 is 1.15 bits per heavy atom. The van der Waals surface area contributed by atoms with Gasteiger partial charge in [-0.3, -0.25) is 0 Å². The van der Waals surface area contributed by atoms with Crippen LogP contribution in [0.4, 0.5) is 0 Å². The predicted molar refractivity (Wildman–Crippen MR) is 107 cm³/mol. The molecule has 2 aromatic rings. The lowest BCUT2D eigenvalue weighted by atomic mass is 10.2. The minimum absolute atomic E-state index is 0.0843. The highest BCUT2D eigenvalue weighted by atomic mass is 35.5. The van der Waals surface area contributed by atoms with E-state index in [0.717, 1.165) is 0 Å². The highest BCUT2D eigenvalue weighted by Crippen LogP contribution is 2.45. The molecule has 0 amide bonds. The van der Waals surface area contributed by atoms with Crippen molar-refractivity contribution in [1.82, 2.24) is 0 Å². The van der Waals surface area contributed by atoms with Crippen molar-refractivity contribution >= 4 is 41.1 Å². The molecule has 0 aromatic heterocycles. The largest absolute Gasteiger partial charge is 0.496 e. The van der Waals surface area contributed by atoms with Crippen LogP contribution in [0.5, 0.6) is 11.5 Å². The fourth-order valence-corrected chi connectivity index (χ4v) is 5.53. The van der Waals surface area contributed by atoms with Gasteiger partial charge in [0.25, 0.3) is 0 Å². The molecule has 0 atom stereocenters. The zero-order valence-electron chi connectivity index (χ0n) is 14.3. The van der Waals surface area contributed by atoms with Crippen molar-refractivity contribution in [2.24, 2.45) is 0 Å². The number of carbonyl (C=O) groups excluding carboxylic acids is 1. The Morgan fingerprint density at radius 3 is 2.58 bits per heavy atom. The molecule has 3 rings (SSSR count). The van der Waals surface area contributed by atoms with Gasteiger partial charge in [-0.1, -0.05) is 23.7 Å². The van der Waals surface area contributed by atoms with Gasteiger partial charge in [0.2, 0.25) is 0 Å². The first-order valence-electron chi connectivity index (χ1n) is 8.10. The monoisotopic (exact) mass is 410 g/mol. The van der Waals surface area contributed by atoms with E-state index < -0.39 is 5.97 Å². The molecular formula is C19H19ClO4S2. The van der Waals surface area contributed by atoms with E-state index in [0.29, 0.717) is 26.7 Å². The molecule has 7 heteroatoms. The van der Waals surface area contributed by atoms with Crippen LogP contribution in [-0.2, 0) is 16.1 Å². The number of halogens is 1. The molecular weight excluding hydrogens is 392 g/mol. The molecule has 138 valence electrons. The van der Waals surface area contributed by atoms with Gasteiger partial charge >= 0.3 is 5.97 Å². The van der Waals surface area contributed by atoms with Crippen LogP contribution in [0, 0.1) is 0 Å². The Kier molecular flexibility index (Phi) is 7.00. The molecule has 26 heavy (non-hydrogen) atoms. The molecule has 0 unspecified atom stereocenters. The van der Waals surface area contributed by atoms with Crippen LogP contribution in [0.3, 0.4) is 0 Å². The summed E-state index contributed by atoms with van der Waals surface area (Å²) in [6, 6.07) is 13.1. The van der Waals surface area contributed by atoms with Crippen LogP contribution in [0.2, 0.25) is 5.02 Å². The molecule has 0 bridgehead atoms. The third kappa shape index (κ3) is 5.25. The molecule has 4 nitrogen and oxygen atoms in total. The van der Waals surface area contributed by atoms with Crippen LogP contribution in [0.15, 0.2) is 42.5 Å². The van der Waals surface area contributed by atoms with Crippen molar-refractivity contribution in [2.45, 2.75) is 11.2 Å². The van der Waals surface area contributed by atoms with Crippen molar-refractivity contribution in [3.8, 4) is 11.5 Å². The van der Waals surface area contributed by atoms with Crippen molar-refractivity contribution in [3.05, 3.63) is 58.6 Å². The number of rotatable bonds is 7. The number of hydrogen-bond acceptors (Lipinski definition) is 6. The van der Waals surface area contributed by atoms with Gasteiger partial charge in [-0.15, -0.1) is 23.5 Å². The average Bonchev–Trinajstić information content (AvgIpc) is 3.20. The predicted octanol–water partition coefficient (Wildman–Crippen LogP) is 4.95. The molecule has 0 aliphatic carbocycles. The maximum absolute atomic E-state index is 11.9. The van der Waals surface area contributed by atoms with Gasteiger partial charge in [-0.05, 0) is 35.9 Å². The summed E-state index contributed by atoms with van der Waals surface area (Å²) in [5, 5.41) is 0.562.